The first kappa shape index (κ1) is 15.2. The molecule has 2 rings (SSSR count). The quantitative estimate of drug-likeness (QED) is 0.769. The van der Waals surface area contributed by atoms with Crippen LogP contribution in [0, 0.1) is 13.8 Å². The summed E-state index contributed by atoms with van der Waals surface area (Å²) in [7, 11) is 0. The van der Waals surface area contributed by atoms with Gasteiger partial charge in [-0.3, -0.25) is 4.79 Å². The average molecular weight is 291 g/mol. The lowest BCUT2D eigenvalue weighted by Gasteiger charge is -2.17. The van der Waals surface area contributed by atoms with Crippen LogP contribution >= 0.6 is 0 Å². The van der Waals surface area contributed by atoms with Crippen LogP contribution in [-0.2, 0) is 6.54 Å². The van der Waals surface area contributed by atoms with Gasteiger partial charge in [0.1, 0.15) is 5.56 Å². The predicted octanol–water partition coefficient (Wildman–Crippen LogP) is 0.670. The summed E-state index contributed by atoms with van der Waals surface area (Å²) in [5, 5.41) is 28.0. The fraction of sp³-hybridized carbons (Fsp3) is 0.333. The van der Waals surface area contributed by atoms with Crippen molar-refractivity contribution in [1.82, 2.24) is 4.57 Å². The normalized spacial score (nSPS) is 12.6. The minimum Gasteiger partial charge on any atom is -0.477 e. The number of rotatable bonds is 4. The first-order valence-electron chi connectivity index (χ1n) is 6.51. The molecule has 1 unspecified atom stereocenters. The number of aromatic nitrogens is 1. The lowest BCUT2D eigenvalue weighted by molar-refractivity contribution is 0.0691. The van der Waals surface area contributed by atoms with Crippen LogP contribution in [-0.4, -0.2) is 38.6 Å². The Morgan fingerprint density at radius 1 is 1.33 bits per heavy atom. The molecule has 0 radical (unpaired) electrons. The fourth-order valence-corrected chi connectivity index (χ4v) is 2.52. The summed E-state index contributed by atoms with van der Waals surface area (Å²) < 4.78 is 1.51. The fourth-order valence-electron chi connectivity index (χ4n) is 2.52. The van der Waals surface area contributed by atoms with E-state index < -0.39 is 24.1 Å². The van der Waals surface area contributed by atoms with Gasteiger partial charge in [0.2, 0.25) is 5.43 Å². The number of hydrogen-bond acceptors (Lipinski definition) is 4. The second-order valence-corrected chi connectivity index (χ2v) is 5.14. The number of carboxylic acids is 1. The molecule has 2 aromatic rings. The highest BCUT2D eigenvalue weighted by Gasteiger charge is 2.17. The summed E-state index contributed by atoms with van der Waals surface area (Å²) in [4.78, 5) is 23.5. The van der Waals surface area contributed by atoms with Gasteiger partial charge in [0.25, 0.3) is 0 Å². The van der Waals surface area contributed by atoms with Gasteiger partial charge < -0.3 is 19.9 Å². The highest BCUT2D eigenvalue weighted by atomic mass is 16.4. The Kier molecular flexibility index (Phi) is 4.11. The molecular formula is C15H17NO5. The van der Waals surface area contributed by atoms with E-state index in [1.165, 1.54) is 10.8 Å². The van der Waals surface area contributed by atoms with E-state index in [-0.39, 0.29) is 12.1 Å². The Labute approximate surface area is 120 Å². The van der Waals surface area contributed by atoms with Gasteiger partial charge in [-0.15, -0.1) is 0 Å². The van der Waals surface area contributed by atoms with E-state index in [1.54, 1.807) is 6.07 Å². The van der Waals surface area contributed by atoms with Gasteiger partial charge in [0.05, 0.1) is 24.8 Å². The third-order valence-electron chi connectivity index (χ3n) is 3.35. The summed E-state index contributed by atoms with van der Waals surface area (Å²) in [6.45, 7) is 3.21. The van der Waals surface area contributed by atoms with Gasteiger partial charge in [-0.25, -0.2) is 4.79 Å². The van der Waals surface area contributed by atoms with E-state index >= 15 is 0 Å². The Balaban J connectivity index is 2.85. The Bertz CT molecular complexity index is 763. The van der Waals surface area contributed by atoms with Crippen molar-refractivity contribution < 1.29 is 20.1 Å². The smallest absolute Gasteiger partial charge is 0.341 e. The Hall–Kier alpha value is -2.18. The van der Waals surface area contributed by atoms with E-state index in [0.717, 1.165) is 11.1 Å². The van der Waals surface area contributed by atoms with Gasteiger partial charge in [0.15, 0.2) is 0 Å². The Morgan fingerprint density at radius 3 is 2.57 bits per heavy atom. The molecule has 0 bridgehead atoms. The van der Waals surface area contributed by atoms with Crippen molar-refractivity contribution in [2.75, 3.05) is 6.61 Å². The molecule has 21 heavy (non-hydrogen) atoms. The van der Waals surface area contributed by atoms with Crippen molar-refractivity contribution >= 4 is 16.9 Å². The van der Waals surface area contributed by atoms with Crippen LogP contribution in [0.5, 0.6) is 0 Å². The summed E-state index contributed by atoms with van der Waals surface area (Å²) in [6, 6.07) is 3.52. The van der Waals surface area contributed by atoms with Crippen molar-refractivity contribution in [2.45, 2.75) is 26.5 Å². The minimum atomic E-state index is -1.31. The number of carbonyl (C=O) groups is 1. The number of carboxylic acid groups (broad SMARTS) is 1. The molecule has 0 amide bonds. The molecule has 0 aliphatic heterocycles. The number of aromatic carboxylic acids is 1. The molecule has 0 aliphatic rings. The minimum absolute atomic E-state index is 0.0114. The summed E-state index contributed by atoms with van der Waals surface area (Å²) in [5.74, 6) is -1.31. The first-order valence-corrected chi connectivity index (χ1v) is 6.51. The lowest BCUT2D eigenvalue weighted by atomic mass is 10.0. The maximum atomic E-state index is 12.3. The molecule has 1 heterocycles. The van der Waals surface area contributed by atoms with Crippen molar-refractivity contribution in [3.63, 3.8) is 0 Å². The number of aryl methyl sites for hydroxylation is 2. The standard InChI is InChI=1S/C15H17NO5/c1-8-3-9(2)13-11(4-8)14(19)12(15(20)21)6-16(13)5-10(18)7-17/h3-4,6,10,17-18H,5,7H2,1-2H3,(H,20,21). The van der Waals surface area contributed by atoms with E-state index in [1.807, 2.05) is 19.9 Å². The second-order valence-electron chi connectivity index (χ2n) is 5.14. The zero-order valence-electron chi connectivity index (χ0n) is 11.8. The van der Waals surface area contributed by atoms with Crippen LogP contribution in [0.3, 0.4) is 0 Å². The molecule has 0 aliphatic carbocycles. The SMILES string of the molecule is Cc1cc(C)c2c(c1)c(=O)c(C(=O)O)cn2CC(O)CO. The third kappa shape index (κ3) is 2.81. The van der Waals surface area contributed by atoms with Gasteiger partial charge in [0, 0.05) is 11.6 Å². The summed E-state index contributed by atoms with van der Waals surface area (Å²) in [5.41, 5.74) is 1.35. The van der Waals surface area contributed by atoms with Crippen LogP contribution < -0.4 is 5.43 Å². The number of hydrogen-bond donors (Lipinski definition) is 3. The highest BCUT2D eigenvalue weighted by Crippen LogP contribution is 2.19. The van der Waals surface area contributed by atoms with Gasteiger partial charge >= 0.3 is 5.97 Å². The third-order valence-corrected chi connectivity index (χ3v) is 3.35. The average Bonchev–Trinajstić information content (AvgIpc) is 2.40. The van der Waals surface area contributed by atoms with Crippen LogP contribution in [0.4, 0.5) is 0 Å². The molecule has 1 atom stereocenters. The monoisotopic (exact) mass is 291 g/mol. The van der Waals surface area contributed by atoms with Gasteiger partial charge in [-0.2, -0.15) is 0 Å². The summed E-state index contributed by atoms with van der Waals surface area (Å²) in [6.07, 6.45) is 0.187. The van der Waals surface area contributed by atoms with Crippen LogP contribution in [0.1, 0.15) is 21.5 Å². The van der Waals surface area contributed by atoms with Crippen LogP contribution in [0.2, 0.25) is 0 Å². The van der Waals surface area contributed by atoms with Crippen molar-refractivity contribution in [1.29, 1.82) is 0 Å². The van der Waals surface area contributed by atoms with E-state index in [0.29, 0.717) is 10.9 Å². The number of aliphatic hydroxyl groups excluding tert-OH is 2. The van der Waals surface area contributed by atoms with Crippen LogP contribution in [0.15, 0.2) is 23.1 Å². The number of pyridine rings is 1. The highest BCUT2D eigenvalue weighted by molar-refractivity contribution is 5.93. The molecule has 1 aromatic carbocycles. The van der Waals surface area contributed by atoms with Crippen molar-refractivity contribution in [2.24, 2.45) is 0 Å². The molecule has 6 heteroatoms. The molecular weight excluding hydrogens is 274 g/mol. The summed E-state index contributed by atoms with van der Waals surface area (Å²) >= 11 is 0. The number of benzene rings is 1. The van der Waals surface area contributed by atoms with Crippen LogP contribution in [0.25, 0.3) is 10.9 Å². The largest absolute Gasteiger partial charge is 0.477 e. The lowest BCUT2D eigenvalue weighted by Crippen LogP contribution is -2.25. The van der Waals surface area contributed by atoms with Crippen molar-refractivity contribution in [3.8, 4) is 0 Å². The van der Waals surface area contributed by atoms with E-state index in [2.05, 4.69) is 0 Å². The maximum Gasteiger partial charge on any atom is 0.341 e. The number of aliphatic hydroxyl groups is 2. The van der Waals surface area contributed by atoms with Crippen molar-refractivity contribution in [3.05, 3.63) is 45.2 Å². The van der Waals surface area contributed by atoms with E-state index in [9.17, 15) is 14.7 Å². The van der Waals surface area contributed by atoms with Gasteiger partial charge in [-0.1, -0.05) is 6.07 Å². The zero-order chi connectivity index (χ0) is 15.7. The zero-order valence-corrected chi connectivity index (χ0v) is 11.8. The Morgan fingerprint density at radius 2 is 2.00 bits per heavy atom. The molecule has 112 valence electrons. The molecule has 0 fully saturated rings. The second kappa shape index (κ2) is 5.67. The molecule has 6 nitrogen and oxygen atoms in total. The number of fused-ring (bicyclic) bond motifs is 1. The molecule has 0 spiro atoms. The number of nitrogens with zero attached hydrogens (tertiary/aromatic N) is 1. The molecule has 0 saturated heterocycles. The predicted molar refractivity (Wildman–Crippen MR) is 77.7 cm³/mol. The van der Waals surface area contributed by atoms with Gasteiger partial charge in [-0.05, 0) is 31.0 Å². The first-order chi connectivity index (χ1) is 9.85. The maximum absolute atomic E-state index is 12.3. The topological polar surface area (TPSA) is 99.8 Å². The molecule has 0 saturated carbocycles. The molecule has 1 aromatic heterocycles. The molecule has 3 N–H and O–H groups in total. The van der Waals surface area contributed by atoms with E-state index in [4.69, 9.17) is 10.2 Å².